The summed E-state index contributed by atoms with van der Waals surface area (Å²) in [6.07, 6.45) is 74.3. The Hall–Kier alpha value is -3.41. The molecule has 0 aliphatic heterocycles. The minimum absolute atomic E-state index is 0.0954. The van der Waals surface area contributed by atoms with E-state index >= 15 is 0 Å². The molecule has 0 radical (unpaired) electrons. The molecule has 0 N–H and O–H groups in total. The molecule has 6 nitrogen and oxygen atoms in total. The van der Waals surface area contributed by atoms with Crippen LogP contribution in [0.5, 0.6) is 0 Å². The highest BCUT2D eigenvalue weighted by Crippen LogP contribution is 2.16. The molecule has 0 aromatic rings. The van der Waals surface area contributed by atoms with Crippen LogP contribution in [0.25, 0.3) is 0 Å². The first-order valence-electron chi connectivity index (χ1n) is 29.2. The Labute approximate surface area is 426 Å². The number of allylic oxidation sites excluding steroid dienone is 14. The van der Waals surface area contributed by atoms with Crippen molar-refractivity contribution < 1.29 is 28.6 Å². The van der Waals surface area contributed by atoms with E-state index in [1.807, 2.05) is 60.8 Å². The molecule has 0 spiro atoms. The van der Waals surface area contributed by atoms with Gasteiger partial charge in [-0.3, -0.25) is 14.4 Å². The Kier molecular flexibility index (Phi) is 54.3. The van der Waals surface area contributed by atoms with Crippen molar-refractivity contribution in [2.45, 2.75) is 284 Å². The van der Waals surface area contributed by atoms with Gasteiger partial charge < -0.3 is 14.2 Å². The summed E-state index contributed by atoms with van der Waals surface area (Å²) in [5.74, 6) is -0.939. The molecular formula is C63H108O6. The van der Waals surface area contributed by atoms with Gasteiger partial charge in [-0.1, -0.05) is 279 Å². The number of esters is 3. The maximum Gasteiger partial charge on any atom is 0.306 e. The molecule has 0 rings (SSSR count). The molecule has 69 heavy (non-hydrogen) atoms. The first-order chi connectivity index (χ1) is 34.0. The van der Waals surface area contributed by atoms with Gasteiger partial charge in [-0.2, -0.15) is 0 Å². The van der Waals surface area contributed by atoms with E-state index in [0.717, 1.165) is 70.6 Å². The number of hydrogen-bond donors (Lipinski definition) is 0. The Morgan fingerprint density at radius 3 is 0.942 bits per heavy atom. The van der Waals surface area contributed by atoms with Crippen LogP contribution in [0, 0.1) is 0 Å². The van der Waals surface area contributed by atoms with Crippen molar-refractivity contribution in [3.05, 3.63) is 85.1 Å². The number of hydrogen-bond acceptors (Lipinski definition) is 6. The fourth-order valence-electron chi connectivity index (χ4n) is 8.18. The Balaban J connectivity index is 4.46. The molecule has 0 aromatic heterocycles. The van der Waals surface area contributed by atoms with Gasteiger partial charge in [0.15, 0.2) is 6.10 Å². The third-order valence-electron chi connectivity index (χ3n) is 12.5. The second kappa shape index (κ2) is 57.2. The molecule has 0 aromatic carbocycles. The summed E-state index contributed by atoms with van der Waals surface area (Å²) in [6.45, 7) is 6.47. The standard InChI is InChI=1S/C63H108O6/c1-4-7-10-13-16-19-22-25-28-31-33-35-38-41-44-47-50-53-56-62(65)68-59-60(58-67-61(64)55-52-49-46-43-40-37-34-30-27-24-21-18-15-12-9-6-3)69-63(66)57-54-51-48-45-42-39-36-32-29-26-23-20-17-14-11-8-5-2/h8,11,14,17,20,23,26,29-30,32,34,36,39,42,60H,4-7,9-10,12-13,15-16,18-19,21-22,24-25,27-28,31,33,35,37-38,40-41,43-59H2,1-3H3/b11-8-,17-14-,23-20-,29-26-,34-30-,36-32+,42-39-. The Bertz CT molecular complexity index is 1330. The monoisotopic (exact) mass is 961 g/mol. The summed E-state index contributed by atoms with van der Waals surface area (Å²) in [4.78, 5) is 38.2. The molecule has 0 fully saturated rings. The van der Waals surface area contributed by atoms with Crippen LogP contribution in [-0.4, -0.2) is 37.2 Å². The summed E-state index contributed by atoms with van der Waals surface area (Å²) < 4.78 is 16.8. The van der Waals surface area contributed by atoms with Gasteiger partial charge in [-0.15, -0.1) is 0 Å². The van der Waals surface area contributed by atoms with E-state index in [0.29, 0.717) is 19.3 Å². The van der Waals surface area contributed by atoms with Gasteiger partial charge in [0.1, 0.15) is 13.2 Å². The zero-order valence-corrected chi connectivity index (χ0v) is 45.3. The lowest BCUT2D eigenvalue weighted by atomic mass is 10.0. The molecule has 0 amide bonds. The fourth-order valence-corrected chi connectivity index (χ4v) is 8.18. The smallest absolute Gasteiger partial charge is 0.306 e. The molecule has 396 valence electrons. The summed E-state index contributed by atoms with van der Waals surface area (Å²) >= 11 is 0. The molecule has 0 heterocycles. The van der Waals surface area contributed by atoms with E-state index < -0.39 is 6.10 Å². The predicted octanol–water partition coefficient (Wildman–Crippen LogP) is 19.5. The van der Waals surface area contributed by atoms with Crippen molar-refractivity contribution in [1.29, 1.82) is 0 Å². The third kappa shape index (κ3) is 55.4. The first-order valence-corrected chi connectivity index (χ1v) is 29.2. The second-order valence-electron chi connectivity index (χ2n) is 19.3. The van der Waals surface area contributed by atoms with E-state index in [4.69, 9.17) is 14.2 Å². The normalized spacial score (nSPS) is 12.7. The number of unbranched alkanes of at least 4 members (excludes halogenated alkanes) is 32. The molecule has 0 bridgehead atoms. The highest BCUT2D eigenvalue weighted by molar-refractivity contribution is 5.71. The lowest BCUT2D eigenvalue weighted by Crippen LogP contribution is -2.30. The van der Waals surface area contributed by atoms with Gasteiger partial charge in [-0.05, 0) is 64.2 Å². The summed E-state index contributed by atoms with van der Waals surface area (Å²) in [5.41, 5.74) is 0. The van der Waals surface area contributed by atoms with Crippen molar-refractivity contribution >= 4 is 17.9 Å². The van der Waals surface area contributed by atoms with Crippen molar-refractivity contribution in [2.75, 3.05) is 13.2 Å². The summed E-state index contributed by atoms with van der Waals surface area (Å²) in [5, 5.41) is 0. The van der Waals surface area contributed by atoms with E-state index in [2.05, 4.69) is 45.1 Å². The van der Waals surface area contributed by atoms with Gasteiger partial charge in [0.2, 0.25) is 0 Å². The van der Waals surface area contributed by atoms with Gasteiger partial charge in [-0.25, -0.2) is 0 Å². The quantitative estimate of drug-likeness (QED) is 0.0199. The largest absolute Gasteiger partial charge is 0.462 e. The van der Waals surface area contributed by atoms with Crippen LogP contribution in [0.2, 0.25) is 0 Å². The van der Waals surface area contributed by atoms with E-state index in [9.17, 15) is 14.4 Å². The van der Waals surface area contributed by atoms with Crippen molar-refractivity contribution in [1.82, 2.24) is 0 Å². The Morgan fingerprint density at radius 2 is 0.580 bits per heavy atom. The van der Waals surface area contributed by atoms with Gasteiger partial charge in [0.05, 0.1) is 0 Å². The lowest BCUT2D eigenvalue weighted by Gasteiger charge is -2.18. The van der Waals surface area contributed by atoms with E-state index in [1.165, 1.54) is 161 Å². The topological polar surface area (TPSA) is 78.9 Å². The number of carbonyl (C=O) groups excluding carboxylic acids is 3. The van der Waals surface area contributed by atoms with Gasteiger partial charge >= 0.3 is 17.9 Å². The van der Waals surface area contributed by atoms with Crippen LogP contribution in [0.15, 0.2) is 85.1 Å². The van der Waals surface area contributed by atoms with Crippen LogP contribution in [-0.2, 0) is 28.6 Å². The lowest BCUT2D eigenvalue weighted by molar-refractivity contribution is -0.167. The molecule has 0 saturated carbocycles. The highest BCUT2D eigenvalue weighted by Gasteiger charge is 2.19. The van der Waals surface area contributed by atoms with E-state index in [-0.39, 0.29) is 37.5 Å². The molecular weight excluding hydrogens is 853 g/mol. The molecule has 0 aliphatic rings. The van der Waals surface area contributed by atoms with Crippen molar-refractivity contribution in [3.8, 4) is 0 Å². The second-order valence-corrected chi connectivity index (χ2v) is 19.3. The number of rotatable bonds is 52. The SMILES string of the molecule is CC\C=C/C=C\C=C/C=C\C=C\C=C/CCCCCC(=O)OC(COC(=O)CCCCCCC/C=C\CCCCCCCCC)COC(=O)CCCCCCCCCCCCCCCCCCCC. The number of carbonyl (C=O) groups is 3. The van der Waals surface area contributed by atoms with Crippen LogP contribution < -0.4 is 0 Å². The van der Waals surface area contributed by atoms with E-state index in [1.54, 1.807) is 0 Å². The molecule has 0 saturated heterocycles. The highest BCUT2D eigenvalue weighted by atomic mass is 16.6. The van der Waals surface area contributed by atoms with Gasteiger partial charge in [0.25, 0.3) is 0 Å². The van der Waals surface area contributed by atoms with Crippen LogP contribution in [0.1, 0.15) is 278 Å². The zero-order chi connectivity index (χ0) is 50.0. The molecule has 1 atom stereocenters. The summed E-state index contributed by atoms with van der Waals surface area (Å²) in [7, 11) is 0. The maximum atomic E-state index is 12.8. The van der Waals surface area contributed by atoms with Crippen LogP contribution >= 0.6 is 0 Å². The maximum absolute atomic E-state index is 12.8. The fraction of sp³-hybridized carbons (Fsp3) is 0.730. The zero-order valence-electron chi connectivity index (χ0n) is 45.3. The van der Waals surface area contributed by atoms with Gasteiger partial charge in [0, 0.05) is 19.3 Å². The average Bonchev–Trinajstić information content (AvgIpc) is 3.35. The predicted molar refractivity (Wildman–Crippen MR) is 297 cm³/mol. The molecule has 1 unspecified atom stereocenters. The van der Waals surface area contributed by atoms with Crippen LogP contribution in [0.4, 0.5) is 0 Å². The van der Waals surface area contributed by atoms with Crippen molar-refractivity contribution in [3.63, 3.8) is 0 Å². The minimum Gasteiger partial charge on any atom is -0.462 e. The number of ether oxygens (including phenoxy) is 3. The molecule has 0 aliphatic carbocycles. The van der Waals surface area contributed by atoms with Crippen molar-refractivity contribution in [2.24, 2.45) is 0 Å². The first kappa shape index (κ1) is 65.6. The third-order valence-corrected chi connectivity index (χ3v) is 12.5. The minimum atomic E-state index is -0.803. The summed E-state index contributed by atoms with van der Waals surface area (Å²) in [6, 6.07) is 0. The average molecular weight is 962 g/mol. The van der Waals surface area contributed by atoms with Crippen LogP contribution in [0.3, 0.4) is 0 Å². The Morgan fingerprint density at radius 1 is 0.304 bits per heavy atom. The molecule has 6 heteroatoms.